The maximum Gasteiger partial charge on any atom is 0.326 e. The molecule has 4 N–H and O–H groups in total. The van der Waals surface area contributed by atoms with Crippen LogP contribution in [-0.4, -0.2) is 59.1 Å². The Balaban J connectivity index is 4.61. The van der Waals surface area contributed by atoms with E-state index in [0.717, 1.165) is 12.2 Å². The van der Waals surface area contributed by atoms with Gasteiger partial charge in [0.1, 0.15) is 6.04 Å². The van der Waals surface area contributed by atoms with Gasteiger partial charge in [-0.05, 0) is 12.7 Å². The summed E-state index contributed by atoms with van der Waals surface area (Å²) in [5, 5.41) is 11.2. The van der Waals surface area contributed by atoms with E-state index in [1.54, 1.807) is 18.8 Å². The van der Waals surface area contributed by atoms with Gasteiger partial charge in [0.15, 0.2) is 0 Å². The van der Waals surface area contributed by atoms with Crippen molar-refractivity contribution in [3.63, 3.8) is 0 Å². The van der Waals surface area contributed by atoms with Crippen molar-refractivity contribution in [1.29, 1.82) is 0 Å². The molecule has 0 bridgehead atoms. The number of hydrogen-bond acceptors (Lipinski definition) is 4. The molecule has 2 atom stereocenters. The third kappa shape index (κ3) is 6.32. The number of carboxylic acid groups (broad SMARTS) is 1. The average Bonchev–Trinajstić information content (AvgIpc) is 2.33. The van der Waals surface area contributed by atoms with Crippen molar-refractivity contribution in [1.82, 2.24) is 10.2 Å². The van der Waals surface area contributed by atoms with Crippen LogP contribution < -0.4 is 11.1 Å². The monoisotopic (exact) mass is 291 g/mol. The number of primary amides is 1. The van der Waals surface area contributed by atoms with Crippen molar-refractivity contribution >= 4 is 29.7 Å². The van der Waals surface area contributed by atoms with E-state index in [-0.39, 0.29) is 6.04 Å². The number of urea groups is 1. The molecule has 0 fully saturated rings. The quantitative estimate of drug-likeness (QED) is 0.587. The lowest BCUT2D eigenvalue weighted by Crippen LogP contribution is -2.51. The summed E-state index contributed by atoms with van der Waals surface area (Å²) in [4.78, 5) is 35.0. The largest absolute Gasteiger partial charge is 0.480 e. The summed E-state index contributed by atoms with van der Waals surface area (Å²) < 4.78 is 0. The maximum atomic E-state index is 11.9. The van der Waals surface area contributed by atoms with Crippen molar-refractivity contribution in [2.24, 2.45) is 5.73 Å². The molecule has 0 spiro atoms. The molecule has 0 aromatic carbocycles. The van der Waals surface area contributed by atoms with Gasteiger partial charge < -0.3 is 21.1 Å². The molecule has 0 saturated heterocycles. The second-order valence-corrected chi connectivity index (χ2v) is 5.05. The molecule has 0 aliphatic carbocycles. The first kappa shape index (κ1) is 17.6. The molecule has 0 rings (SSSR count). The van der Waals surface area contributed by atoms with E-state index in [1.165, 1.54) is 4.90 Å². The standard InChI is InChI=1S/C11H21N3O4S/c1-4-7(6-19-3)14(2)11(18)13-8(10(16)17)5-9(12)15/h7-8H,4-6H2,1-3H3,(H2,12,15)(H,13,18)(H,16,17)/t7?,8-/m0/s1. The van der Waals surface area contributed by atoms with Crippen LogP contribution in [0.15, 0.2) is 0 Å². The molecule has 0 saturated carbocycles. The van der Waals surface area contributed by atoms with Crippen molar-refractivity contribution in [2.75, 3.05) is 19.1 Å². The predicted octanol–water partition coefficient (Wildman–Crippen LogP) is 0.0980. The molecule has 110 valence electrons. The first-order valence-corrected chi connectivity index (χ1v) is 7.26. The number of rotatable bonds is 8. The van der Waals surface area contributed by atoms with E-state index in [9.17, 15) is 14.4 Å². The van der Waals surface area contributed by atoms with Crippen molar-refractivity contribution in [2.45, 2.75) is 31.8 Å². The third-order valence-electron chi connectivity index (χ3n) is 2.70. The van der Waals surface area contributed by atoms with Gasteiger partial charge in [-0.2, -0.15) is 11.8 Å². The smallest absolute Gasteiger partial charge is 0.326 e. The van der Waals surface area contributed by atoms with Crippen LogP contribution >= 0.6 is 11.8 Å². The molecule has 19 heavy (non-hydrogen) atoms. The highest BCUT2D eigenvalue weighted by Crippen LogP contribution is 2.08. The lowest BCUT2D eigenvalue weighted by atomic mass is 10.2. The van der Waals surface area contributed by atoms with Crippen LogP contribution in [0, 0.1) is 0 Å². The van der Waals surface area contributed by atoms with E-state index in [2.05, 4.69) is 5.32 Å². The second-order valence-electron chi connectivity index (χ2n) is 4.14. The highest BCUT2D eigenvalue weighted by Gasteiger charge is 2.25. The number of nitrogens with one attached hydrogen (secondary N) is 1. The first-order chi connectivity index (χ1) is 8.83. The summed E-state index contributed by atoms with van der Waals surface area (Å²) >= 11 is 1.60. The summed E-state index contributed by atoms with van der Waals surface area (Å²) in [7, 11) is 1.60. The number of amides is 3. The van der Waals surface area contributed by atoms with Crippen LogP contribution in [0.25, 0.3) is 0 Å². The molecule has 0 aliphatic heterocycles. The van der Waals surface area contributed by atoms with Gasteiger partial charge in [0.2, 0.25) is 5.91 Å². The van der Waals surface area contributed by atoms with Gasteiger partial charge in [-0.1, -0.05) is 6.92 Å². The van der Waals surface area contributed by atoms with E-state index >= 15 is 0 Å². The van der Waals surface area contributed by atoms with Crippen molar-refractivity contribution in [3.8, 4) is 0 Å². The number of carboxylic acids is 1. The lowest BCUT2D eigenvalue weighted by Gasteiger charge is -2.28. The molecule has 8 heteroatoms. The number of nitrogens with two attached hydrogens (primary N) is 1. The Bertz CT molecular complexity index is 338. The van der Waals surface area contributed by atoms with Crippen LogP contribution in [0.2, 0.25) is 0 Å². The van der Waals surface area contributed by atoms with E-state index in [4.69, 9.17) is 10.8 Å². The van der Waals surface area contributed by atoms with Gasteiger partial charge in [0.05, 0.1) is 6.42 Å². The molecule has 0 aromatic rings. The number of hydrogen-bond donors (Lipinski definition) is 3. The Morgan fingerprint density at radius 2 is 2.00 bits per heavy atom. The number of carbonyl (C=O) groups is 3. The fourth-order valence-corrected chi connectivity index (χ4v) is 2.36. The van der Waals surface area contributed by atoms with Gasteiger partial charge >= 0.3 is 12.0 Å². The minimum absolute atomic E-state index is 0.0121. The lowest BCUT2D eigenvalue weighted by molar-refractivity contribution is -0.140. The van der Waals surface area contributed by atoms with Crippen molar-refractivity contribution in [3.05, 3.63) is 0 Å². The Kier molecular flexibility index (Phi) is 7.97. The van der Waals surface area contributed by atoms with Gasteiger partial charge in [0.25, 0.3) is 0 Å². The zero-order chi connectivity index (χ0) is 15.0. The Morgan fingerprint density at radius 1 is 1.42 bits per heavy atom. The molecular formula is C11H21N3O4S. The third-order valence-corrected chi connectivity index (χ3v) is 3.42. The van der Waals surface area contributed by atoms with Gasteiger partial charge in [-0.15, -0.1) is 0 Å². The molecular weight excluding hydrogens is 270 g/mol. The molecule has 0 heterocycles. The number of carbonyl (C=O) groups excluding carboxylic acids is 2. The molecule has 3 amide bonds. The SMILES string of the molecule is CCC(CSC)N(C)C(=O)N[C@@H](CC(N)=O)C(=O)O. The molecule has 0 aromatic heterocycles. The topological polar surface area (TPSA) is 113 Å². The molecule has 7 nitrogen and oxygen atoms in total. The van der Waals surface area contributed by atoms with Crippen LogP contribution in [-0.2, 0) is 9.59 Å². The van der Waals surface area contributed by atoms with Gasteiger partial charge in [-0.25, -0.2) is 9.59 Å². The van der Waals surface area contributed by atoms with Crippen LogP contribution in [0.4, 0.5) is 4.79 Å². The zero-order valence-corrected chi connectivity index (χ0v) is 12.2. The molecule has 0 aliphatic rings. The fraction of sp³-hybridized carbons (Fsp3) is 0.727. The first-order valence-electron chi connectivity index (χ1n) is 5.86. The summed E-state index contributed by atoms with van der Waals surface area (Å²) in [6.45, 7) is 1.95. The normalized spacial score (nSPS) is 13.4. The summed E-state index contributed by atoms with van der Waals surface area (Å²) in [5.74, 6) is -1.29. The van der Waals surface area contributed by atoms with E-state index in [0.29, 0.717) is 0 Å². The van der Waals surface area contributed by atoms with Crippen molar-refractivity contribution < 1.29 is 19.5 Å². The minimum Gasteiger partial charge on any atom is -0.480 e. The number of aliphatic carboxylic acids is 1. The van der Waals surface area contributed by atoms with Gasteiger partial charge in [-0.3, -0.25) is 4.79 Å². The Labute approximate surface area is 116 Å². The Morgan fingerprint density at radius 3 is 2.37 bits per heavy atom. The summed E-state index contributed by atoms with van der Waals surface area (Å²) in [6.07, 6.45) is 2.27. The van der Waals surface area contributed by atoms with E-state index in [1.807, 2.05) is 13.2 Å². The fourth-order valence-electron chi connectivity index (χ4n) is 1.51. The van der Waals surface area contributed by atoms with Crippen LogP contribution in [0.3, 0.4) is 0 Å². The van der Waals surface area contributed by atoms with Crippen LogP contribution in [0.5, 0.6) is 0 Å². The Hall–Kier alpha value is -1.44. The number of thioether (sulfide) groups is 1. The number of nitrogens with zero attached hydrogens (tertiary/aromatic N) is 1. The zero-order valence-electron chi connectivity index (χ0n) is 11.4. The van der Waals surface area contributed by atoms with Crippen LogP contribution in [0.1, 0.15) is 19.8 Å². The summed E-state index contributed by atoms with van der Waals surface area (Å²) in [5.41, 5.74) is 4.95. The molecule has 0 radical (unpaired) electrons. The molecule has 1 unspecified atom stereocenters. The highest BCUT2D eigenvalue weighted by atomic mass is 32.2. The predicted molar refractivity (Wildman–Crippen MR) is 74.0 cm³/mol. The minimum atomic E-state index is -1.29. The average molecular weight is 291 g/mol. The maximum absolute atomic E-state index is 11.9. The highest BCUT2D eigenvalue weighted by molar-refractivity contribution is 7.98. The van der Waals surface area contributed by atoms with Gasteiger partial charge in [0, 0.05) is 18.8 Å². The van der Waals surface area contributed by atoms with E-state index < -0.39 is 30.4 Å². The summed E-state index contributed by atoms with van der Waals surface area (Å²) in [6, 6.07) is -1.80. The second kappa shape index (κ2) is 8.63.